The van der Waals surface area contributed by atoms with Gasteiger partial charge in [0, 0.05) is 11.9 Å². The van der Waals surface area contributed by atoms with Crippen LogP contribution in [0.25, 0.3) is 0 Å². The Morgan fingerprint density at radius 3 is 2.72 bits per heavy atom. The molecular formula is C15H29ClN2. The minimum absolute atomic E-state index is 0.775. The molecule has 0 aromatic heterocycles. The van der Waals surface area contributed by atoms with E-state index in [0.29, 0.717) is 0 Å². The molecule has 1 aliphatic carbocycles. The normalized spacial score (nSPS) is 34.0. The lowest BCUT2D eigenvalue weighted by Crippen LogP contribution is -2.38. The van der Waals surface area contributed by atoms with E-state index < -0.39 is 0 Å². The van der Waals surface area contributed by atoms with Gasteiger partial charge in [-0.15, -0.1) is 11.6 Å². The van der Waals surface area contributed by atoms with Crippen molar-refractivity contribution in [3.63, 3.8) is 0 Å². The van der Waals surface area contributed by atoms with Crippen molar-refractivity contribution in [2.24, 2.45) is 11.8 Å². The molecular weight excluding hydrogens is 244 g/mol. The summed E-state index contributed by atoms with van der Waals surface area (Å²) in [5, 5.41) is 3.67. The summed E-state index contributed by atoms with van der Waals surface area (Å²) in [6.45, 7) is 3.66. The molecule has 1 aliphatic heterocycles. The summed E-state index contributed by atoms with van der Waals surface area (Å²) in [5.41, 5.74) is 0. The van der Waals surface area contributed by atoms with Crippen LogP contribution in [0, 0.1) is 11.8 Å². The lowest BCUT2D eigenvalue weighted by atomic mass is 9.97. The first-order valence-electron chi connectivity index (χ1n) is 7.78. The van der Waals surface area contributed by atoms with Crippen LogP contribution in [-0.4, -0.2) is 43.5 Å². The Morgan fingerprint density at radius 1 is 1.11 bits per heavy atom. The molecule has 18 heavy (non-hydrogen) atoms. The summed E-state index contributed by atoms with van der Waals surface area (Å²) >= 11 is 6.02. The van der Waals surface area contributed by atoms with E-state index in [4.69, 9.17) is 11.6 Å². The highest BCUT2D eigenvalue weighted by atomic mass is 35.5. The second-order valence-electron chi connectivity index (χ2n) is 6.23. The van der Waals surface area contributed by atoms with Gasteiger partial charge < -0.3 is 10.2 Å². The number of rotatable bonds is 6. The van der Waals surface area contributed by atoms with Crippen LogP contribution < -0.4 is 5.32 Å². The van der Waals surface area contributed by atoms with Crippen molar-refractivity contribution < 1.29 is 0 Å². The zero-order valence-corrected chi connectivity index (χ0v) is 12.6. The van der Waals surface area contributed by atoms with E-state index >= 15 is 0 Å². The Morgan fingerprint density at radius 2 is 1.94 bits per heavy atom. The van der Waals surface area contributed by atoms with Crippen LogP contribution in [-0.2, 0) is 0 Å². The van der Waals surface area contributed by atoms with Gasteiger partial charge in [0.25, 0.3) is 0 Å². The predicted molar refractivity (Wildman–Crippen MR) is 79.3 cm³/mol. The summed E-state index contributed by atoms with van der Waals surface area (Å²) in [4.78, 5) is 2.54. The Balaban J connectivity index is 1.58. The van der Waals surface area contributed by atoms with E-state index in [2.05, 4.69) is 17.3 Å². The molecule has 1 saturated carbocycles. The number of likely N-dealkylation sites (tertiary alicyclic amines) is 1. The molecule has 1 N–H and O–H groups in total. The van der Waals surface area contributed by atoms with E-state index in [0.717, 1.165) is 23.8 Å². The maximum absolute atomic E-state index is 6.02. The van der Waals surface area contributed by atoms with Crippen LogP contribution in [0.15, 0.2) is 0 Å². The fraction of sp³-hybridized carbons (Fsp3) is 1.00. The lowest BCUT2D eigenvalue weighted by Gasteiger charge is -2.32. The summed E-state index contributed by atoms with van der Waals surface area (Å²) < 4.78 is 0. The third kappa shape index (κ3) is 4.11. The molecule has 0 amide bonds. The van der Waals surface area contributed by atoms with Gasteiger partial charge >= 0.3 is 0 Å². The first-order valence-corrected chi connectivity index (χ1v) is 8.31. The summed E-state index contributed by atoms with van der Waals surface area (Å²) in [6, 6.07) is 0.818. The first-order chi connectivity index (χ1) is 8.81. The second-order valence-corrected chi connectivity index (χ2v) is 6.54. The first kappa shape index (κ1) is 14.6. The third-order valence-electron chi connectivity index (χ3n) is 5.00. The van der Waals surface area contributed by atoms with Gasteiger partial charge in [-0.05, 0) is 70.6 Å². The summed E-state index contributed by atoms with van der Waals surface area (Å²) in [7, 11) is 2.28. The number of nitrogens with one attached hydrogen (secondary N) is 1. The van der Waals surface area contributed by atoms with E-state index in [1.165, 1.54) is 64.6 Å². The van der Waals surface area contributed by atoms with Gasteiger partial charge in [-0.3, -0.25) is 0 Å². The second kappa shape index (κ2) is 7.72. The zero-order chi connectivity index (χ0) is 12.8. The topological polar surface area (TPSA) is 15.3 Å². The van der Waals surface area contributed by atoms with Gasteiger partial charge in [-0.2, -0.15) is 0 Å². The van der Waals surface area contributed by atoms with Crippen molar-refractivity contribution >= 4 is 11.6 Å². The number of hydrogen-bond acceptors (Lipinski definition) is 2. The molecule has 2 nitrogen and oxygen atoms in total. The van der Waals surface area contributed by atoms with E-state index in [1.54, 1.807) is 0 Å². The van der Waals surface area contributed by atoms with Gasteiger partial charge in [0.2, 0.25) is 0 Å². The number of hydrogen-bond donors (Lipinski definition) is 1. The molecule has 0 spiro atoms. The molecule has 1 saturated heterocycles. The SMILES string of the molecule is CN1CCCCC1CCNCC1CCCC1CCl. The molecule has 1 heterocycles. The van der Waals surface area contributed by atoms with Crippen LogP contribution in [0.3, 0.4) is 0 Å². The molecule has 3 heteroatoms. The fourth-order valence-corrected chi connectivity index (χ4v) is 4.06. The highest BCUT2D eigenvalue weighted by molar-refractivity contribution is 6.18. The Kier molecular flexibility index (Phi) is 6.26. The van der Waals surface area contributed by atoms with E-state index in [9.17, 15) is 0 Å². The molecule has 2 fully saturated rings. The number of halogens is 1. The van der Waals surface area contributed by atoms with E-state index in [1.807, 2.05) is 0 Å². The fourth-order valence-electron chi connectivity index (χ4n) is 3.65. The monoisotopic (exact) mass is 272 g/mol. The quantitative estimate of drug-likeness (QED) is 0.590. The van der Waals surface area contributed by atoms with Crippen LogP contribution in [0.1, 0.15) is 44.9 Å². The zero-order valence-electron chi connectivity index (χ0n) is 11.8. The average Bonchev–Trinajstić information content (AvgIpc) is 2.84. The van der Waals surface area contributed by atoms with Gasteiger partial charge in [-0.25, -0.2) is 0 Å². The minimum Gasteiger partial charge on any atom is -0.316 e. The molecule has 0 aromatic rings. The van der Waals surface area contributed by atoms with Crippen molar-refractivity contribution in [3.05, 3.63) is 0 Å². The van der Waals surface area contributed by atoms with Gasteiger partial charge in [-0.1, -0.05) is 12.8 Å². The number of piperidine rings is 1. The molecule has 3 unspecified atom stereocenters. The number of alkyl halides is 1. The number of nitrogens with zero attached hydrogens (tertiary/aromatic N) is 1. The molecule has 2 aliphatic rings. The van der Waals surface area contributed by atoms with Gasteiger partial charge in [0.05, 0.1) is 0 Å². The Bertz CT molecular complexity index is 231. The highest BCUT2D eigenvalue weighted by Crippen LogP contribution is 2.31. The van der Waals surface area contributed by atoms with Crippen LogP contribution in [0.5, 0.6) is 0 Å². The Labute approximate surface area is 117 Å². The minimum atomic E-state index is 0.775. The largest absolute Gasteiger partial charge is 0.316 e. The van der Waals surface area contributed by atoms with Crippen molar-refractivity contribution in [1.82, 2.24) is 10.2 Å². The Hall–Kier alpha value is 0.210. The van der Waals surface area contributed by atoms with E-state index in [-0.39, 0.29) is 0 Å². The van der Waals surface area contributed by atoms with Crippen LogP contribution in [0.2, 0.25) is 0 Å². The molecule has 0 bridgehead atoms. The lowest BCUT2D eigenvalue weighted by molar-refractivity contribution is 0.175. The van der Waals surface area contributed by atoms with Crippen LogP contribution >= 0.6 is 11.6 Å². The predicted octanol–water partition coefficient (Wildman–Crippen LogP) is 3.11. The standard InChI is InChI=1S/C15H29ClN2/c1-18-10-3-2-7-15(18)8-9-17-12-14-6-4-5-13(14)11-16/h13-15,17H,2-12H2,1H3. The van der Waals surface area contributed by atoms with Crippen LogP contribution in [0.4, 0.5) is 0 Å². The average molecular weight is 273 g/mol. The van der Waals surface area contributed by atoms with Crippen molar-refractivity contribution in [1.29, 1.82) is 0 Å². The third-order valence-corrected chi connectivity index (χ3v) is 5.39. The van der Waals surface area contributed by atoms with Crippen molar-refractivity contribution in [2.45, 2.75) is 51.0 Å². The van der Waals surface area contributed by atoms with Crippen molar-refractivity contribution in [3.8, 4) is 0 Å². The molecule has 0 aromatic carbocycles. The maximum Gasteiger partial charge on any atom is 0.0254 e. The molecule has 0 radical (unpaired) electrons. The van der Waals surface area contributed by atoms with Crippen molar-refractivity contribution in [2.75, 3.05) is 32.6 Å². The highest BCUT2D eigenvalue weighted by Gasteiger charge is 2.26. The smallest absolute Gasteiger partial charge is 0.0254 e. The molecule has 106 valence electrons. The maximum atomic E-state index is 6.02. The van der Waals surface area contributed by atoms with Gasteiger partial charge in [0.15, 0.2) is 0 Å². The summed E-state index contributed by atoms with van der Waals surface area (Å²) in [5.74, 6) is 2.47. The summed E-state index contributed by atoms with van der Waals surface area (Å²) in [6.07, 6.45) is 9.64. The molecule has 3 atom stereocenters. The molecule has 2 rings (SSSR count). The van der Waals surface area contributed by atoms with Gasteiger partial charge in [0.1, 0.15) is 0 Å².